The van der Waals surface area contributed by atoms with Crippen LogP contribution in [0.4, 0.5) is 10.5 Å². The first kappa shape index (κ1) is 16.8. The minimum absolute atomic E-state index is 0.0334. The van der Waals surface area contributed by atoms with Gasteiger partial charge in [-0.25, -0.2) is 4.79 Å². The molecule has 1 N–H and O–H groups in total. The molecular formula is C18H25N3O3. The summed E-state index contributed by atoms with van der Waals surface area (Å²) in [6.07, 6.45) is 1.47. The molecule has 6 heteroatoms. The lowest BCUT2D eigenvalue weighted by Gasteiger charge is -2.35. The van der Waals surface area contributed by atoms with E-state index in [0.717, 1.165) is 24.1 Å². The fraction of sp³-hybridized carbons (Fsp3) is 0.556. The van der Waals surface area contributed by atoms with Crippen LogP contribution in [0.5, 0.6) is 0 Å². The van der Waals surface area contributed by atoms with E-state index in [9.17, 15) is 9.59 Å². The van der Waals surface area contributed by atoms with E-state index in [1.54, 1.807) is 4.90 Å². The number of hydrogen-bond acceptors (Lipinski definition) is 3. The summed E-state index contributed by atoms with van der Waals surface area (Å²) < 4.78 is 5.30. The number of ether oxygens (including phenoxy) is 1. The second-order valence-electron chi connectivity index (χ2n) is 6.50. The molecule has 130 valence electrons. The standard InChI is InChI=1S/C18H25N3O3/c1-14-3-2-4-16(13-14)19-18(23)21-7-5-15(6-8-21)17(22)20-9-11-24-12-10-20/h2-4,13,15H,5-12H2,1H3,(H,19,23). The first-order chi connectivity index (χ1) is 11.6. The van der Waals surface area contributed by atoms with Crippen molar-refractivity contribution in [3.63, 3.8) is 0 Å². The number of amides is 3. The van der Waals surface area contributed by atoms with Crippen LogP contribution in [-0.2, 0) is 9.53 Å². The van der Waals surface area contributed by atoms with Gasteiger partial charge in [-0.1, -0.05) is 12.1 Å². The Hall–Kier alpha value is -2.08. The zero-order chi connectivity index (χ0) is 16.9. The fourth-order valence-electron chi connectivity index (χ4n) is 3.30. The minimum Gasteiger partial charge on any atom is -0.378 e. The number of piperidine rings is 1. The van der Waals surface area contributed by atoms with Gasteiger partial charge in [0.1, 0.15) is 0 Å². The Kier molecular flexibility index (Phi) is 5.35. The fourth-order valence-corrected chi connectivity index (χ4v) is 3.30. The summed E-state index contributed by atoms with van der Waals surface area (Å²) in [5, 5.41) is 2.94. The third-order valence-corrected chi connectivity index (χ3v) is 4.72. The van der Waals surface area contributed by atoms with Gasteiger partial charge in [-0.15, -0.1) is 0 Å². The molecule has 0 saturated carbocycles. The number of likely N-dealkylation sites (tertiary alicyclic amines) is 1. The normalized spacial score (nSPS) is 19.2. The number of anilines is 1. The number of morpholine rings is 1. The van der Waals surface area contributed by atoms with Crippen LogP contribution in [0, 0.1) is 12.8 Å². The molecule has 1 aromatic carbocycles. The highest BCUT2D eigenvalue weighted by molar-refractivity contribution is 5.89. The van der Waals surface area contributed by atoms with Gasteiger partial charge in [0.15, 0.2) is 0 Å². The zero-order valence-corrected chi connectivity index (χ0v) is 14.2. The van der Waals surface area contributed by atoms with E-state index in [1.165, 1.54) is 0 Å². The minimum atomic E-state index is -0.0853. The van der Waals surface area contributed by atoms with E-state index in [4.69, 9.17) is 4.74 Å². The predicted molar refractivity (Wildman–Crippen MR) is 91.9 cm³/mol. The molecule has 0 atom stereocenters. The number of nitrogens with one attached hydrogen (secondary N) is 1. The molecule has 0 radical (unpaired) electrons. The highest BCUT2D eigenvalue weighted by atomic mass is 16.5. The van der Waals surface area contributed by atoms with Crippen molar-refractivity contribution in [3.8, 4) is 0 Å². The number of carbonyl (C=O) groups excluding carboxylic acids is 2. The van der Waals surface area contributed by atoms with Crippen molar-refractivity contribution in [2.45, 2.75) is 19.8 Å². The number of nitrogens with zero attached hydrogens (tertiary/aromatic N) is 2. The quantitative estimate of drug-likeness (QED) is 0.903. The second kappa shape index (κ2) is 7.66. The van der Waals surface area contributed by atoms with Crippen molar-refractivity contribution in [3.05, 3.63) is 29.8 Å². The summed E-state index contributed by atoms with van der Waals surface area (Å²) in [5.41, 5.74) is 1.93. The second-order valence-corrected chi connectivity index (χ2v) is 6.50. The number of benzene rings is 1. The number of hydrogen-bond donors (Lipinski definition) is 1. The summed E-state index contributed by atoms with van der Waals surface area (Å²) in [6.45, 7) is 5.88. The lowest BCUT2D eigenvalue weighted by atomic mass is 9.95. The number of carbonyl (C=O) groups is 2. The SMILES string of the molecule is Cc1cccc(NC(=O)N2CCC(C(=O)N3CCOCC3)CC2)c1. The Morgan fingerprint density at radius 2 is 1.79 bits per heavy atom. The average molecular weight is 331 g/mol. The molecular weight excluding hydrogens is 306 g/mol. The maximum absolute atomic E-state index is 12.5. The summed E-state index contributed by atoms with van der Waals surface area (Å²) in [6, 6.07) is 7.68. The molecule has 2 aliphatic heterocycles. The molecule has 24 heavy (non-hydrogen) atoms. The van der Waals surface area contributed by atoms with Crippen LogP contribution in [-0.4, -0.2) is 61.1 Å². The van der Waals surface area contributed by atoms with Gasteiger partial charge in [0, 0.05) is 37.8 Å². The smallest absolute Gasteiger partial charge is 0.321 e. The summed E-state index contributed by atoms with van der Waals surface area (Å²) in [4.78, 5) is 28.6. The summed E-state index contributed by atoms with van der Waals surface area (Å²) in [7, 11) is 0. The van der Waals surface area contributed by atoms with Gasteiger partial charge < -0.3 is 19.9 Å². The van der Waals surface area contributed by atoms with Crippen molar-refractivity contribution in [2.75, 3.05) is 44.7 Å². The molecule has 6 nitrogen and oxygen atoms in total. The molecule has 3 amide bonds. The third-order valence-electron chi connectivity index (χ3n) is 4.72. The van der Waals surface area contributed by atoms with Crippen molar-refractivity contribution in [1.82, 2.24) is 9.80 Å². The molecule has 0 aromatic heterocycles. The zero-order valence-electron chi connectivity index (χ0n) is 14.2. The number of urea groups is 1. The van der Waals surface area contributed by atoms with Crippen LogP contribution in [0.3, 0.4) is 0 Å². The van der Waals surface area contributed by atoms with E-state index in [0.29, 0.717) is 39.4 Å². The molecule has 3 rings (SSSR count). The van der Waals surface area contributed by atoms with Crippen molar-refractivity contribution >= 4 is 17.6 Å². The van der Waals surface area contributed by atoms with Gasteiger partial charge in [-0.3, -0.25) is 4.79 Å². The highest BCUT2D eigenvalue weighted by Gasteiger charge is 2.30. The first-order valence-corrected chi connectivity index (χ1v) is 8.62. The van der Waals surface area contributed by atoms with Crippen LogP contribution in [0.1, 0.15) is 18.4 Å². The van der Waals surface area contributed by atoms with E-state index < -0.39 is 0 Å². The van der Waals surface area contributed by atoms with Gasteiger partial charge >= 0.3 is 6.03 Å². The maximum atomic E-state index is 12.5. The lowest BCUT2D eigenvalue weighted by Crippen LogP contribution is -2.48. The Bertz CT molecular complexity index is 591. The lowest BCUT2D eigenvalue weighted by molar-refractivity contribution is -0.140. The van der Waals surface area contributed by atoms with Crippen LogP contribution in [0.15, 0.2) is 24.3 Å². The molecule has 2 saturated heterocycles. The molecule has 2 fully saturated rings. The maximum Gasteiger partial charge on any atom is 0.321 e. The molecule has 0 unspecified atom stereocenters. The number of aryl methyl sites for hydroxylation is 1. The summed E-state index contributed by atoms with van der Waals surface area (Å²) >= 11 is 0. The van der Waals surface area contributed by atoms with E-state index in [2.05, 4.69) is 5.32 Å². The Morgan fingerprint density at radius 1 is 1.08 bits per heavy atom. The van der Waals surface area contributed by atoms with Gasteiger partial charge in [0.2, 0.25) is 5.91 Å². The van der Waals surface area contributed by atoms with Gasteiger partial charge in [-0.2, -0.15) is 0 Å². The van der Waals surface area contributed by atoms with E-state index in [-0.39, 0.29) is 17.9 Å². The van der Waals surface area contributed by atoms with Crippen molar-refractivity contribution in [2.24, 2.45) is 5.92 Å². The van der Waals surface area contributed by atoms with E-state index >= 15 is 0 Å². The predicted octanol–water partition coefficient (Wildman–Crippen LogP) is 2.10. The largest absolute Gasteiger partial charge is 0.378 e. The molecule has 1 aromatic rings. The topological polar surface area (TPSA) is 61.9 Å². The Morgan fingerprint density at radius 3 is 2.46 bits per heavy atom. The summed E-state index contributed by atoms with van der Waals surface area (Å²) in [5.74, 6) is 0.253. The molecule has 0 spiro atoms. The highest BCUT2D eigenvalue weighted by Crippen LogP contribution is 2.21. The monoisotopic (exact) mass is 331 g/mol. The van der Waals surface area contributed by atoms with E-state index in [1.807, 2.05) is 36.1 Å². The molecule has 0 aliphatic carbocycles. The van der Waals surface area contributed by atoms with Crippen LogP contribution >= 0.6 is 0 Å². The Balaban J connectivity index is 1.49. The van der Waals surface area contributed by atoms with Gasteiger partial charge in [0.25, 0.3) is 0 Å². The third kappa shape index (κ3) is 4.06. The van der Waals surface area contributed by atoms with Crippen LogP contribution in [0.2, 0.25) is 0 Å². The number of rotatable bonds is 2. The van der Waals surface area contributed by atoms with Crippen molar-refractivity contribution in [1.29, 1.82) is 0 Å². The van der Waals surface area contributed by atoms with Crippen LogP contribution < -0.4 is 5.32 Å². The molecule has 0 bridgehead atoms. The first-order valence-electron chi connectivity index (χ1n) is 8.62. The van der Waals surface area contributed by atoms with Gasteiger partial charge in [-0.05, 0) is 37.5 Å². The Labute approximate surface area is 142 Å². The van der Waals surface area contributed by atoms with Crippen LogP contribution in [0.25, 0.3) is 0 Å². The van der Waals surface area contributed by atoms with Crippen molar-refractivity contribution < 1.29 is 14.3 Å². The van der Waals surface area contributed by atoms with Gasteiger partial charge in [0.05, 0.1) is 13.2 Å². The molecule has 2 aliphatic rings. The molecule has 2 heterocycles. The average Bonchev–Trinajstić information content (AvgIpc) is 2.62.